The lowest BCUT2D eigenvalue weighted by atomic mass is 9.95. The van der Waals surface area contributed by atoms with Crippen LogP contribution in [0, 0.1) is 10.1 Å². The highest BCUT2D eigenvalue weighted by Crippen LogP contribution is 2.31. The predicted molar refractivity (Wildman–Crippen MR) is 84.2 cm³/mol. The maximum Gasteiger partial charge on any atom is 0.322 e. The average Bonchev–Trinajstić information content (AvgIpc) is 2.54. The Hall–Kier alpha value is -2.11. The zero-order chi connectivity index (χ0) is 15.5. The van der Waals surface area contributed by atoms with Gasteiger partial charge in [-0.1, -0.05) is 25.3 Å². The number of non-ortho nitro benzene ring substituents is 1. The molecule has 2 amide bonds. The molecule has 1 saturated carbocycles. The van der Waals surface area contributed by atoms with E-state index in [9.17, 15) is 14.9 Å². The summed E-state index contributed by atoms with van der Waals surface area (Å²) in [6, 6.07) is 4.93. The molecule has 1 aliphatic heterocycles. The largest absolute Gasteiger partial charge is 0.335 e. The van der Waals surface area contributed by atoms with Crippen LogP contribution in [0.4, 0.5) is 16.2 Å². The molecular weight excluding hydrogens is 282 g/mol. The Morgan fingerprint density at radius 2 is 2.00 bits per heavy atom. The van der Waals surface area contributed by atoms with Gasteiger partial charge >= 0.3 is 6.03 Å². The Kier molecular flexibility index (Phi) is 4.27. The van der Waals surface area contributed by atoms with Crippen LogP contribution in [0.15, 0.2) is 18.2 Å². The fraction of sp³-hybridized carbons (Fsp3) is 0.562. The number of nitro groups is 1. The monoisotopic (exact) mass is 303 g/mol. The first-order valence-corrected chi connectivity index (χ1v) is 8.00. The smallest absolute Gasteiger partial charge is 0.322 e. The van der Waals surface area contributed by atoms with Crippen LogP contribution in [0.25, 0.3) is 0 Å². The van der Waals surface area contributed by atoms with Gasteiger partial charge in [0, 0.05) is 24.7 Å². The van der Waals surface area contributed by atoms with E-state index in [1.54, 1.807) is 11.0 Å². The number of carbonyl (C=O) groups excluding carboxylic acids is 1. The van der Waals surface area contributed by atoms with Gasteiger partial charge in [0.25, 0.3) is 5.69 Å². The van der Waals surface area contributed by atoms with E-state index in [1.807, 2.05) is 0 Å². The third-order valence-corrected chi connectivity index (χ3v) is 4.58. The molecule has 0 aromatic heterocycles. The van der Waals surface area contributed by atoms with Gasteiger partial charge in [-0.25, -0.2) is 4.79 Å². The van der Waals surface area contributed by atoms with Crippen LogP contribution in [0.1, 0.15) is 44.1 Å². The molecule has 1 heterocycles. The quantitative estimate of drug-likeness (QED) is 0.672. The number of hydrogen-bond donors (Lipinski definition) is 1. The van der Waals surface area contributed by atoms with Crippen molar-refractivity contribution in [2.45, 2.75) is 51.0 Å². The number of benzene rings is 1. The normalized spacial score (nSPS) is 18.6. The van der Waals surface area contributed by atoms with Crippen LogP contribution in [-0.4, -0.2) is 23.5 Å². The van der Waals surface area contributed by atoms with Crippen LogP contribution in [0.2, 0.25) is 0 Å². The molecule has 3 rings (SSSR count). The Balaban J connectivity index is 1.78. The Morgan fingerprint density at radius 1 is 1.23 bits per heavy atom. The first-order chi connectivity index (χ1) is 10.6. The average molecular weight is 303 g/mol. The van der Waals surface area contributed by atoms with Gasteiger partial charge in [0.1, 0.15) is 0 Å². The number of nitrogens with one attached hydrogen (secondary N) is 1. The lowest BCUT2D eigenvalue weighted by Gasteiger charge is -2.32. The van der Waals surface area contributed by atoms with Crippen LogP contribution >= 0.6 is 0 Å². The second-order valence-electron chi connectivity index (χ2n) is 6.11. The van der Waals surface area contributed by atoms with Gasteiger partial charge in [-0.15, -0.1) is 0 Å². The maximum absolute atomic E-state index is 12.6. The van der Waals surface area contributed by atoms with E-state index in [4.69, 9.17) is 0 Å². The predicted octanol–water partition coefficient (Wildman–Crippen LogP) is 3.39. The van der Waals surface area contributed by atoms with Crippen molar-refractivity contribution in [3.63, 3.8) is 0 Å². The number of urea groups is 1. The molecule has 1 N–H and O–H groups in total. The molecular formula is C16H21N3O3. The third-order valence-electron chi connectivity index (χ3n) is 4.58. The van der Waals surface area contributed by atoms with Crippen molar-refractivity contribution in [1.82, 2.24) is 5.32 Å². The van der Waals surface area contributed by atoms with Crippen LogP contribution < -0.4 is 10.2 Å². The summed E-state index contributed by atoms with van der Waals surface area (Å²) in [6.07, 6.45) is 7.37. The Morgan fingerprint density at radius 3 is 2.73 bits per heavy atom. The minimum atomic E-state index is -0.411. The van der Waals surface area contributed by atoms with Crippen molar-refractivity contribution in [3.8, 4) is 0 Å². The Labute approximate surface area is 129 Å². The summed E-state index contributed by atoms with van der Waals surface area (Å²) in [5.41, 5.74) is 1.74. The number of aryl methyl sites for hydroxylation is 1. The molecule has 2 aliphatic rings. The molecule has 6 nitrogen and oxygen atoms in total. The highest BCUT2D eigenvalue weighted by molar-refractivity contribution is 5.93. The summed E-state index contributed by atoms with van der Waals surface area (Å²) in [7, 11) is 0. The standard InChI is InChI=1S/C16H21N3O3/c20-16(17-13-6-2-1-3-7-13)18-10-4-5-12-8-9-14(19(21)22)11-15(12)18/h8-9,11,13H,1-7,10H2,(H,17,20). The van der Waals surface area contributed by atoms with E-state index in [1.165, 1.54) is 18.6 Å². The molecule has 0 unspecified atom stereocenters. The SMILES string of the molecule is O=C(NC1CCCCC1)N1CCCc2ccc([N+](=O)[O-])cc21. The van der Waals surface area contributed by atoms with Crippen LogP contribution in [0.3, 0.4) is 0 Å². The lowest BCUT2D eigenvalue weighted by Crippen LogP contribution is -2.47. The highest BCUT2D eigenvalue weighted by Gasteiger charge is 2.26. The summed E-state index contributed by atoms with van der Waals surface area (Å²) >= 11 is 0. The summed E-state index contributed by atoms with van der Waals surface area (Å²) in [5.74, 6) is 0. The number of nitro benzene ring substituents is 1. The van der Waals surface area contributed by atoms with Gasteiger partial charge < -0.3 is 5.32 Å². The van der Waals surface area contributed by atoms with E-state index < -0.39 is 4.92 Å². The molecule has 1 aromatic carbocycles. The van der Waals surface area contributed by atoms with Crippen molar-refractivity contribution in [3.05, 3.63) is 33.9 Å². The third kappa shape index (κ3) is 3.05. The maximum atomic E-state index is 12.6. The number of hydrogen-bond acceptors (Lipinski definition) is 3. The molecule has 0 radical (unpaired) electrons. The summed E-state index contributed by atoms with van der Waals surface area (Å²) in [6.45, 7) is 0.618. The van der Waals surface area contributed by atoms with Gasteiger partial charge in [0.15, 0.2) is 0 Å². The van der Waals surface area contributed by atoms with Gasteiger partial charge in [-0.3, -0.25) is 15.0 Å². The first-order valence-electron chi connectivity index (χ1n) is 8.00. The minimum absolute atomic E-state index is 0.0381. The fourth-order valence-electron chi connectivity index (χ4n) is 3.39. The summed E-state index contributed by atoms with van der Waals surface area (Å²) in [4.78, 5) is 24.8. The van der Waals surface area contributed by atoms with Crippen molar-refractivity contribution >= 4 is 17.4 Å². The first kappa shape index (κ1) is 14.8. The molecule has 0 atom stereocenters. The number of rotatable bonds is 2. The molecule has 0 saturated heterocycles. The molecule has 1 aliphatic carbocycles. The van der Waals surface area contributed by atoms with Gasteiger partial charge in [0.05, 0.1) is 10.6 Å². The second kappa shape index (κ2) is 6.34. The number of fused-ring (bicyclic) bond motifs is 1. The topological polar surface area (TPSA) is 75.5 Å². The molecule has 22 heavy (non-hydrogen) atoms. The zero-order valence-corrected chi connectivity index (χ0v) is 12.6. The summed E-state index contributed by atoms with van der Waals surface area (Å²) < 4.78 is 0. The highest BCUT2D eigenvalue weighted by atomic mass is 16.6. The molecule has 118 valence electrons. The fourth-order valence-corrected chi connectivity index (χ4v) is 3.39. The molecule has 0 spiro atoms. The number of nitrogens with zero attached hydrogens (tertiary/aromatic N) is 2. The van der Waals surface area contributed by atoms with Crippen molar-refractivity contribution in [2.24, 2.45) is 0 Å². The number of amides is 2. The van der Waals surface area contributed by atoms with Crippen molar-refractivity contribution in [1.29, 1.82) is 0 Å². The van der Waals surface area contributed by atoms with Gasteiger partial charge in [-0.2, -0.15) is 0 Å². The van der Waals surface area contributed by atoms with E-state index in [0.717, 1.165) is 44.1 Å². The van der Waals surface area contributed by atoms with Gasteiger partial charge in [0.2, 0.25) is 0 Å². The van der Waals surface area contributed by atoms with Gasteiger partial charge in [-0.05, 0) is 31.2 Å². The molecule has 6 heteroatoms. The lowest BCUT2D eigenvalue weighted by molar-refractivity contribution is -0.384. The van der Waals surface area contributed by atoms with E-state index in [2.05, 4.69) is 5.32 Å². The molecule has 1 fully saturated rings. The Bertz CT molecular complexity index is 582. The van der Waals surface area contributed by atoms with E-state index in [-0.39, 0.29) is 17.8 Å². The number of carbonyl (C=O) groups is 1. The summed E-state index contributed by atoms with van der Waals surface area (Å²) in [5, 5.41) is 14.1. The number of anilines is 1. The molecule has 1 aromatic rings. The van der Waals surface area contributed by atoms with E-state index >= 15 is 0 Å². The van der Waals surface area contributed by atoms with Crippen LogP contribution in [-0.2, 0) is 6.42 Å². The van der Waals surface area contributed by atoms with Crippen LogP contribution in [0.5, 0.6) is 0 Å². The van der Waals surface area contributed by atoms with E-state index in [0.29, 0.717) is 12.2 Å². The zero-order valence-electron chi connectivity index (χ0n) is 12.6. The molecule has 0 bridgehead atoms. The van der Waals surface area contributed by atoms with Crippen molar-refractivity contribution in [2.75, 3.05) is 11.4 Å². The second-order valence-corrected chi connectivity index (χ2v) is 6.11. The van der Waals surface area contributed by atoms with Crippen molar-refractivity contribution < 1.29 is 9.72 Å². The minimum Gasteiger partial charge on any atom is -0.335 e.